The van der Waals surface area contributed by atoms with Crippen LogP contribution in [0.2, 0.25) is 0 Å². The maximum Gasteiger partial charge on any atom is 0.249 e. The highest BCUT2D eigenvalue weighted by atomic mass is 16.2. The summed E-state index contributed by atoms with van der Waals surface area (Å²) in [5.74, 6) is -0.531. The monoisotopic (exact) mass is 484 g/mol. The second kappa shape index (κ2) is 10.3. The topological polar surface area (TPSA) is 93.0 Å². The Balaban J connectivity index is 1.85. The van der Waals surface area contributed by atoms with Crippen LogP contribution in [0.25, 0.3) is 11.0 Å². The summed E-state index contributed by atoms with van der Waals surface area (Å²) in [6.45, 7) is 9.81. The number of hydrogen-bond acceptors (Lipinski definition) is 5. The Bertz CT molecular complexity index is 1380. The van der Waals surface area contributed by atoms with Crippen LogP contribution < -0.4 is 10.2 Å². The number of carbonyl (C=O) groups is 2. The van der Waals surface area contributed by atoms with E-state index in [9.17, 15) is 9.59 Å². The van der Waals surface area contributed by atoms with E-state index in [1.54, 1.807) is 34.1 Å². The number of anilines is 1. The Morgan fingerprint density at radius 2 is 1.78 bits per heavy atom. The maximum absolute atomic E-state index is 14.1. The summed E-state index contributed by atoms with van der Waals surface area (Å²) < 4.78 is 1.58. The third-order valence-electron chi connectivity index (χ3n) is 6.47. The highest BCUT2D eigenvalue weighted by Crippen LogP contribution is 2.32. The molecule has 0 saturated carbocycles. The zero-order valence-electron chi connectivity index (χ0n) is 21.4. The van der Waals surface area contributed by atoms with Crippen LogP contribution in [0.1, 0.15) is 49.9 Å². The first-order valence-corrected chi connectivity index (χ1v) is 12.1. The van der Waals surface area contributed by atoms with Crippen molar-refractivity contribution in [3.05, 3.63) is 83.7 Å². The number of rotatable bonds is 8. The maximum atomic E-state index is 14.1. The molecule has 8 heteroatoms. The van der Waals surface area contributed by atoms with Crippen LogP contribution >= 0.6 is 0 Å². The van der Waals surface area contributed by atoms with Gasteiger partial charge >= 0.3 is 0 Å². The molecular weight excluding hydrogens is 452 g/mol. The second-order valence-corrected chi connectivity index (χ2v) is 9.70. The number of carbonyl (C=O) groups excluding carboxylic acids is 2. The molecule has 0 aliphatic rings. The third kappa shape index (κ3) is 5.27. The largest absolute Gasteiger partial charge is 0.349 e. The second-order valence-electron chi connectivity index (χ2n) is 9.70. The van der Waals surface area contributed by atoms with Gasteiger partial charge in [0.1, 0.15) is 18.1 Å². The van der Waals surface area contributed by atoms with Crippen LogP contribution in [-0.2, 0) is 16.1 Å². The number of nitrogens with zero attached hydrogens (tertiary/aromatic N) is 5. The summed E-state index contributed by atoms with van der Waals surface area (Å²) in [6, 6.07) is 16.1. The fourth-order valence-electron chi connectivity index (χ4n) is 4.09. The molecule has 2 aromatic heterocycles. The molecule has 0 saturated heterocycles. The molecule has 1 N–H and O–H groups in total. The van der Waals surface area contributed by atoms with Crippen LogP contribution in [-0.4, -0.2) is 37.3 Å². The van der Waals surface area contributed by atoms with Gasteiger partial charge in [-0.1, -0.05) is 36.4 Å². The van der Waals surface area contributed by atoms with Gasteiger partial charge in [-0.25, -0.2) is 4.68 Å². The molecule has 0 unspecified atom stereocenters. The lowest BCUT2D eigenvalue weighted by molar-refractivity contribution is -0.128. The van der Waals surface area contributed by atoms with E-state index in [1.165, 1.54) is 0 Å². The number of pyridine rings is 1. The first-order valence-electron chi connectivity index (χ1n) is 12.1. The molecule has 8 nitrogen and oxygen atoms in total. The molecular formula is C28H32N6O2. The van der Waals surface area contributed by atoms with Crippen LogP contribution in [0.15, 0.2) is 67.0 Å². The molecule has 0 aliphatic carbocycles. The van der Waals surface area contributed by atoms with Gasteiger partial charge in [-0.05, 0) is 81.1 Å². The Labute approximate surface area is 211 Å². The van der Waals surface area contributed by atoms with Crippen LogP contribution in [0.4, 0.5) is 5.69 Å². The highest BCUT2D eigenvalue weighted by molar-refractivity contribution is 6.02. The molecule has 0 fully saturated rings. The number of nitrogens with one attached hydrogen (secondary N) is 1. The molecule has 0 spiro atoms. The van der Waals surface area contributed by atoms with Crippen molar-refractivity contribution in [3.8, 4) is 0 Å². The SMILES string of the molecule is CCC(C)(C)NC(=O)[C@@H](c1ccncc1)N(C(=O)Cn1nnc2ccccc21)c1cc(C)ccc1C. The van der Waals surface area contributed by atoms with Gasteiger partial charge in [0.25, 0.3) is 0 Å². The molecule has 186 valence electrons. The zero-order chi connectivity index (χ0) is 25.9. The Kier molecular flexibility index (Phi) is 7.15. The fraction of sp³-hybridized carbons (Fsp3) is 0.321. The predicted octanol–water partition coefficient (Wildman–Crippen LogP) is 4.52. The molecule has 4 rings (SSSR count). The zero-order valence-corrected chi connectivity index (χ0v) is 21.4. The summed E-state index contributed by atoms with van der Waals surface area (Å²) >= 11 is 0. The molecule has 36 heavy (non-hydrogen) atoms. The third-order valence-corrected chi connectivity index (χ3v) is 6.47. The Morgan fingerprint density at radius 1 is 1.06 bits per heavy atom. The van der Waals surface area contributed by atoms with Gasteiger partial charge in [0.05, 0.1) is 5.52 Å². The van der Waals surface area contributed by atoms with Crippen LogP contribution in [0.3, 0.4) is 0 Å². The first-order chi connectivity index (χ1) is 17.2. The van der Waals surface area contributed by atoms with Crippen LogP contribution in [0.5, 0.6) is 0 Å². The Morgan fingerprint density at radius 3 is 2.50 bits per heavy atom. The van der Waals surface area contributed by atoms with E-state index in [1.807, 2.05) is 77.1 Å². The van der Waals surface area contributed by atoms with Crippen molar-refractivity contribution in [3.63, 3.8) is 0 Å². The number of aryl methyl sites for hydroxylation is 2. The predicted molar refractivity (Wildman–Crippen MR) is 140 cm³/mol. The Hall–Kier alpha value is -4.07. The summed E-state index contributed by atoms with van der Waals surface area (Å²) in [4.78, 5) is 33.7. The van der Waals surface area contributed by atoms with E-state index in [2.05, 4.69) is 20.6 Å². The minimum atomic E-state index is -0.901. The standard InChI is InChI=1S/C28H32N6O2/c1-6-28(4,5)30-27(36)26(21-13-15-29-16-14-21)34(24-17-19(2)11-12-20(24)3)25(35)18-33-23-10-8-7-9-22(23)31-32-33/h7-17,26H,6,18H2,1-5H3,(H,30,36)/t26-/m1/s1. The van der Waals surface area contributed by atoms with Crippen molar-refractivity contribution in [1.82, 2.24) is 25.3 Å². The van der Waals surface area contributed by atoms with E-state index in [0.29, 0.717) is 16.8 Å². The van der Waals surface area contributed by atoms with Gasteiger partial charge < -0.3 is 5.32 Å². The van der Waals surface area contributed by atoms with Crippen molar-refractivity contribution < 1.29 is 9.59 Å². The minimum absolute atomic E-state index is 0.0695. The fourth-order valence-corrected chi connectivity index (χ4v) is 4.09. The number of hydrogen-bond donors (Lipinski definition) is 1. The van der Waals surface area contributed by atoms with Gasteiger partial charge in [0.15, 0.2) is 0 Å². The summed E-state index contributed by atoms with van der Waals surface area (Å²) in [5, 5.41) is 11.5. The number of aromatic nitrogens is 4. The molecule has 4 aromatic rings. The summed E-state index contributed by atoms with van der Waals surface area (Å²) in [6.07, 6.45) is 4.01. The van der Waals surface area contributed by atoms with Gasteiger partial charge in [-0.3, -0.25) is 19.5 Å². The smallest absolute Gasteiger partial charge is 0.249 e. The molecule has 0 bridgehead atoms. The molecule has 0 aliphatic heterocycles. The molecule has 2 amide bonds. The van der Waals surface area contributed by atoms with E-state index in [-0.39, 0.29) is 18.4 Å². The van der Waals surface area contributed by atoms with Gasteiger partial charge in [-0.15, -0.1) is 5.10 Å². The van der Waals surface area contributed by atoms with E-state index in [4.69, 9.17) is 0 Å². The summed E-state index contributed by atoms with van der Waals surface area (Å²) in [5.41, 5.74) is 4.24. The lowest BCUT2D eigenvalue weighted by Crippen LogP contribution is -2.51. The highest BCUT2D eigenvalue weighted by Gasteiger charge is 2.36. The molecule has 2 aromatic carbocycles. The van der Waals surface area contributed by atoms with Gasteiger partial charge in [-0.2, -0.15) is 0 Å². The van der Waals surface area contributed by atoms with Crippen molar-refractivity contribution >= 4 is 28.5 Å². The number of benzene rings is 2. The normalized spacial score (nSPS) is 12.4. The van der Waals surface area contributed by atoms with Gasteiger partial charge in [0, 0.05) is 23.6 Å². The summed E-state index contributed by atoms with van der Waals surface area (Å²) in [7, 11) is 0. The van der Waals surface area contributed by atoms with Gasteiger partial charge in [0.2, 0.25) is 11.8 Å². The number of fused-ring (bicyclic) bond motifs is 1. The average Bonchev–Trinajstić information content (AvgIpc) is 3.27. The van der Waals surface area contributed by atoms with E-state index in [0.717, 1.165) is 23.1 Å². The molecule has 0 radical (unpaired) electrons. The van der Waals surface area contributed by atoms with Crippen molar-refractivity contribution in [2.24, 2.45) is 0 Å². The van der Waals surface area contributed by atoms with E-state index < -0.39 is 11.6 Å². The first kappa shape index (κ1) is 25.0. The lowest BCUT2D eigenvalue weighted by atomic mass is 9.98. The minimum Gasteiger partial charge on any atom is -0.349 e. The molecule has 1 atom stereocenters. The van der Waals surface area contributed by atoms with Crippen molar-refractivity contribution in [2.75, 3.05) is 4.90 Å². The van der Waals surface area contributed by atoms with E-state index >= 15 is 0 Å². The lowest BCUT2D eigenvalue weighted by Gasteiger charge is -2.35. The van der Waals surface area contributed by atoms with Crippen LogP contribution in [0, 0.1) is 13.8 Å². The van der Waals surface area contributed by atoms with Crippen molar-refractivity contribution in [1.29, 1.82) is 0 Å². The van der Waals surface area contributed by atoms with Crippen molar-refractivity contribution in [2.45, 2.75) is 59.2 Å². The number of amides is 2. The molecule has 2 heterocycles. The number of para-hydroxylation sites is 1. The quantitative estimate of drug-likeness (QED) is 0.397. The average molecular weight is 485 g/mol.